The van der Waals surface area contributed by atoms with Gasteiger partial charge in [-0.3, -0.25) is 9.59 Å². The molecule has 0 aromatic heterocycles. The Kier molecular flexibility index (Phi) is 5.58. The second kappa shape index (κ2) is 8.44. The van der Waals surface area contributed by atoms with E-state index >= 15 is 0 Å². The number of hydrogen-bond donors (Lipinski definition) is 2. The Morgan fingerprint density at radius 1 is 1.07 bits per heavy atom. The van der Waals surface area contributed by atoms with Crippen LogP contribution >= 0.6 is 0 Å². The van der Waals surface area contributed by atoms with Crippen molar-refractivity contribution >= 4 is 23.2 Å². The molecule has 2 heterocycles. The number of aryl methyl sites for hydroxylation is 1. The third kappa shape index (κ3) is 4.51. The minimum atomic E-state index is -0.0200. The fraction of sp³-hybridized carbons (Fsp3) is 0.364. The van der Waals surface area contributed by atoms with Crippen LogP contribution in [0, 0.1) is 0 Å². The monoisotopic (exact) mass is 380 g/mol. The lowest BCUT2D eigenvalue weighted by atomic mass is 10.0. The Bertz CT molecular complexity index is 894. The van der Waals surface area contributed by atoms with Crippen molar-refractivity contribution in [2.45, 2.75) is 38.7 Å². The molecule has 6 nitrogen and oxygen atoms in total. The zero-order valence-electron chi connectivity index (χ0n) is 15.8. The van der Waals surface area contributed by atoms with Crippen LogP contribution in [-0.2, 0) is 33.8 Å². The minimum absolute atomic E-state index is 0.0200. The van der Waals surface area contributed by atoms with Crippen LogP contribution in [-0.4, -0.2) is 25.0 Å². The van der Waals surface area contributed by atoms with Gasteiger partial charge in [-0.25, -0.2) is 0 Å². The molecule has 0 spiro atoms. The summed E-state index contributed by atoms with van der Waals surface area (Å²) in [5.74, 6) is 0.803. The summed E-state index contributed by atoms with van der Waals surface area (Å²) in [6, 6.07) is 11.7. The number of carbonyl (C=O) groups excluding carboxylic acids is 2. The van der Waals surface area contributed by atoms with E-state index < -0.39 is 0 Å². The van der Waals surface area contributed by atoms with E-state index in [4.69, 9.17) is 9.47 Å². The molecule has 0 unspecified atom stereocenters. The third-order valence-corrected chi connectivity index (χ3v) is 5.05. The van der Waals surface area contributed by atoms with Crippen LogP contribution in [0.5, 0.6) is 5.75 Å². The molecule has 2 N–H and O–H groups in total. The van der Waals surface area contributed by atoms with Crippen molar-refractivity contribution in [3.05, 3.63) is 53.1 Å². The first-order valence-corrected chi connectivity index (χ1v) is 9.72. The molecule has 0 bridgehead atoms. The second-order valence-corrected chi connectivity index (χ2v) is 7.15. The van der Waals surface area contributed by atoms with Gasteiger partial charge in [0.25, 0.3) is 0 Å². The van der Waals surface area contributed by atoms with Gasteiger partial charge in [0.15, 0.2) is 0 Å². The number of benzene rings is 2. The van der Waals surface area contributed by atoms with Gasteiger partial charge in [0, 0.05) is 24.2 Å². The molecule has 2 aromatic carbocycles. The molecule has 2 aliphatic rings. The van der Waals surface area contributed by atoms with E-state index in [1.807, 2.05) is 30.3 Å². The van der Waals surface area contributed by atoms with Gasteiger partial charge in [0.2, 0.25) is 11.8 Å². The van der Waals surface area contributed by atoms with Crippen molar-refractivity contribution in [1.29, 1.82) is 0 Å². The number of hydrogen-bond acceptors (Lipinski definition) is 4. The molecule has 4 rings (SSSR count). The zero-order valence-corrected chi connectivity index (χ0v) is 15.8. The lowest BCUT2D eigenvalue weighted by molar-refractivity contribution is -0.117. The maximum atomic E-state index is 12.2. The fourth-order valence-electron chi connectivity index (χ4n) is 3.54. The molecule has 0 fully saturated rings. The molecular formula is C22H24N2O4. The Labute approximate surface area is 164 Å². The molecule has 146 valence electrons. The van der Waals surface area contributed by atoms with Crippen LogP contribution in [0.25, 0.3) is 0 Å². The number of ether oxygens (including phenoxy) is 2. The van der Waals surface area contributed by atoms with E-state index in [1.165, 1.54) is 5.56 Å². The normalized spacial score (nSPS) is 15.2. The first-order chi connectivity index (χ1) is 13.7. The highest BCUT2D eigenvalue weighted by molar-refractivity contribution is 5.94. The van der Waals surface area contributed by atoms with Crippen molar-refractivity contribution in [1.82, 2.24) is 0 Å². The summed E-state index contributed by atoms with van der Waals surface area (Å²) < 4.78 is 11.2. The van der Waals surface area contributed by atoms with E-state index in [2.05, 4.69) is 16.7 Å². The molecule has 0 saturated heterocycles. The van der Waals surface area contributed by atoms with Gasteiger partial charge in [0.1, 0.15) is 5.75 Å². The molecular weight excluding hydrogens is 356 g/mol. The highest BCUT2D eigenvalue weighted by atomic mass is 16.5. The fourth-order valence-corrected chi connectivity index (χ4v) is 3.54. The Morgan fingerprint density at radius 2 is 2.00 bits per heavy atom. The van der Waals surface area contributed by atoms with Crippen LogP contribution < -0.4 is 15.4 Å². The Morgan fingerprint density at radius 3 is 2.93 bits per heavy atom. The zero-order chi connectivity index (χ0) is 19.3. The van der Waals surface area contributed by atoms with Gasteiger partial charge >= 0.3 is 0 Å². The van der Waals surface area contributed by atoms with Crippen LogP contribution in [0.1, 0.15) is 36.0 Å². The Balaban J connectivity index is 1.22. The summed E-state index contributed by atoms with van der Waals surface area (Å²) in [6.07, 6.45) is 3.19. The minimum Gasteiger partial charge on any atom is -0.494 e. The standard InChI is InChI=1S/C22H24N2O4/c25-21(23-18-5-3-15-9-11-27-14-17(15)12-18)2-1-10-28-19-6-7-20-16(13-19)4-8-22(26)24-20/h3,5-7,12-13H,1-2,4,8-11,14H2,(H,23,25)(H,24,26). The predicted molar refractivity (Wildman–Crippen MR) is 107 cm³/mol. The number of anilines is 2. The molecule has 0 saturated carbocycles. The third-order valence-electron chi connectivity index (χ3n) is 5.05. The molecule has 2 aromatic rings. The number of amides is 2. The highest BCUT2D eigenvalue weighted by Crippen LogP contribution is 2.27. The smallest absolute Gasteiger partial charge is 0.224 e. The van der Waals surface area contributed by atoms with E-state index in [-0.39, 0.29) is 11.8 Å². The van der Waals surface area contributed by atoms with Gasteiger partial charge in [-0.2, -0.15) is 0 Å². The van der Waals surface area contributed by atoms with E-state index in [1.54, 1.807) is 0 Å². The average Bonchev–Trinajstić information content (AvgIpc) is 2.71. The van der Waals surface area contributed by atoms with Gasteiger partial charge in [-0.1, -0.05) is 6.07 Å². The summed E-state index contributed by atoms with van der Waals surface area (Å²) in [5, 5.41) is 5.80. The van der Waals surface area contributed by atoms with Gasteiger partial charge in [-0.15, -0.1) is 0 Å². The molecule has 0 aliphatic carbocycles. The molecule has 2 amide bonds. The quantitative estimate of drug-likeness (QED) is 0.753. The van der Waals surface area contributed by atoms with Crippen LogP contribution in [0.2, 0.25) is 0 Å². The van der Waals surface area contributed by atoms with Gasteiger partial charge in [-0.05, 0) is 66.3 Å². The van der Waals surface area contributed by atoms with Crippen molar-refractivity contribution in [3.8, 4) is 5.75 Å². The first kappa shape index (κ1) is 18.5. The van der Waals surface area contributed by atoms with E-state index in [0.717, 1.165) is 47.7 Å². The predicted octanol–water partition coefficient (Wildman–Crippen LogP) is 3.44. The summed E-state index contributed by atoms with van der Waals surface area (Å²) >= 11 is 0. The summed E-state index contributed by atoms with van der Waals surface area (Å²) in [6.45, 7) is 1.84. The largest absolute Gasteiger partial charge is 0.494 e. The molecule has 6 heteroatoms. The van der Waals surface area contributed by atoms with Gasteiger partial charge < -0.3 is 20.1 Å². The second-order valence-electron chi connectivity index (χ2n) is 7.15. The van der Waals surface area contributed by atoms with E-state index in [9.17, 15) is 9.59 Å². The van der Waals surface area contributed by atoms with Crippen molar-refractivity contribution in [3.63, 3.8) is 0 Å². The molecule has 28 heavy (non-hydrogen) atoms. The summed E-state index contributed by atoms with van der Waals surface area (Å²) in [5.41, 5.74) is 5.20. The highest BCUT2D eigenvalue weighted by Gasteiger charge is 2.15. The van der Waals surface area contributed by atoms with Crippen molar-refractivity contribution in [2.75, 3.05) is 23.8 Å². The molecule has 2 aliphatic heterocycles. The van der Waals surface area contributed by atoms with Crippen LogP contribution in [0.3, 0.4) is 0 Å². The number of nitrogens with one attached hydrogen (secondary N) is 2. The first-order valence-electron chi connectivity index (χ1n) is 9.72. The molecule has 0 radical (unpaired) electrons. The van der Waals surface area contributed by atoms with Crippen LogP contribution in [0.15, 0.2) is 36.4 Å². The topological polar surface area (TPSA) is 76.7 Å². The number of rotatable bonds is 6. The summed E-state index contributed by atoms with van der Waals surface area (Å²) in [7, 11) is 0. The molecule has 0 atom stereocenters. The van der Waals surface area contributed by atoms with Crippen LogP contribution in [0.4, 0.5) is 11.4 Å². The maximum absolute atomic E-state index is 12.2. The SMILES string of the molecule is O=C(CCCOc1ccc2c(c1)CCC(=O)N2)Nc1ccc2c(c1)COCC2. The number of carbonyl (C=O) groups is 2. The lowest BCUT2D eigenvalue weighted by Crippen LogP contribution is -2.18. The maximum Gasteiger partial charge on any atom is 0.224 e. The van der Waals surface area contributed by atoms with Gasteiger partial charge in [0.05, 0.1) is 19.8 Å². The van der Waals surface area contributed by atoms with Crippen molar-refractivity contribution < 1.29 is 19.1 Å². The number of fused-ring (bicyclic) bond motifs is 2. The van der Waals surface area contributed by atoms with Crippen molar-refractivity contribution in [2.24, 2.45) is 0 Å². The lowest BCUT2D eigenvalue weighted by Gasteiger charge is -2.18. The summed E-state index contributed by atoms with van der Waals surface area (Å²) in [4.78, 5) is 23.6. The van der Waals surface area contributed by atoms with E-state index in [0.29, 0.717) is 32.5 Å². The Hall–Kier alpha value is -2.86. The average molecular weight is 380 g/mol.